The Bertz CT molecular complexity index is 740. The number of benzene rings is 2. The van der Waals surface area contributed by atoms with Crippen LogP contribution in [-0.4, -0.2) is 32.0 Å². The molecule has 0 atom stereocenters. The van der Waals surface area contributed by atoms with Crippen LogP contribution in [0.2, 0.25) is 5.02 Å². The van der Waals surface area contributed by atoms with Crippen LogP contribution in [0.5, 0.6) is 0 Å². The summed E-state index contributed by atoms with van der Waals surface area (Å²) >= 11 is 7.26. The normalized spacial score (nSPS) is 11.2. The molecule has 25 heavy (non-hydrogen) atoms. The third-order valence-electron chi connectivity index (χ3n) is 3.23. The molecule has 0 aromatic heterocycles. The van der Waals surface area contributed by atoms with Crippen LogP contribution < -0.4 is 10.3 Å². The molecule has 0 aliphatic heterocycles. The van der Waals surface area contributed by atoms with E-state index in [2.05, 4.69) is 10.5 Å². The van der Waals surface area contributed by atoms with Gasteiger partial charge in [0.25, 0.3) is 0 Å². The highest BCUT2D eigenvalue weighted by atomic mass is 35.5. The zero-order chi connectivity index (χ0) is 18.1. The molecule has 2 aromatic carbocycles. The van der Waals surface area contributed by atoms with E-state index in [4.69, 9.17) is 11.6 Å². The number of hydrogen-bond donors (Lipinski definition) is 1. The summed E-state index contributed by atoms with van der Waals surface area (Å²) in [6.07, 6.45) is 5.28. The van der Waals surface area contributed by atoms with Crippen molar-refractivity contribution in [3.05, 3.63) is 65.2 Å². The Hall–Kier alpha value is -2.24. The highest BCUT2D eigenvalue weighted by Crippen LogP contribution is 2.19. The highest BCUT2D eigenvalue weighted by Gasteiger charge is 2.01. The van der Waals surface area contributed by atoms with E-state index >= 15 is 0 Å². The molecule has 0 saturated heterocycles. The number of hydrogen-bond acceptors (Lipinski definition) is 4. The predicted octanol–water partition coefficient (Wildman–Crippen LogP) is 4.31. The third kappa shape index (κ3) is 7.03. The molecule has 0 heterocycles. The van der Waals surface area contributed by atoms with Crippen molar-refractivity contribution in [1.82, 2.24) is 5.43 Å². The molecule has 130 valence electrons. The van der Waals surface area contributed by atoms with Gasteiger partial charge in [-0.2, -0.15) is 5.10 Å². The quantitative estimate of drug-likeness (QED) is 0.446. The second-order valence-corrected chi connectivity index (χ2v) is 6.89. The van der Waals surface area contributed by atoms with Crippen LogP contribution >= 0.6 is 23.4 Å². The van der Waals surface area contributed by atoms with Crippen molar-refractivity contribution < 1.29 is 4.79 Å². The van der Waals surface area contributed by atoms with Crippen molar-refractivity contribution in [2.45, 2.75) is 4.90 Å². The van der Waals surface area contributed by atoms with Gasteiger partial charge in [-0.1, -0.05) is 29.8 Å². The fourth-order valence-electron chi connectivity index (χ4n) is 1.90. The average Bonchev–Trinajstić information content (AvgIpc) is 2.61. The van der Waals surface area contributed by atoms with Gasteiger partial charge >= 0.3 is 0 Å². The molecule has 6 heteroatoms. The topological polar surface area (TPSA) is 44.7 Å². The molecule has 2 aromatic rings. The lowest BCUT2D eigenvalue weighted by Crippen LogP contribution is -2.19. The number of allylic oxidation sites excluding steroid dienone is 1. The lowest BCUT2D eigenvalue weighted by molar-refractivity contribution is -0.118. The summed E-state index contributed by atoms with van der Waals surface area (Å²) < 4.78 is 0. The molecular weight excluding hydrogens is 354 g/mol. The van der Waals surface area contributed by atoms with Gasteiger partial charge < -0.3 is 4.90 Å². The van der Waals surface area contributed by atoms with Crippen molar-refractivity contribution >= 4 is 47.2 Å². The standard InChI is InChI=1S/C19H20ClN3OS/c1-23(2)17-9-5-15(6-10-17)4-3-13-21-22-19(24)14-25-18-11-7-16(20)8-12-18/h3-13H,14H2,1-2H3,(H,22,24)/b4-3+,21-13-. The number of rotatable bonds is 7. The van der Waals surface area contributed by atoms with Crippen molar-refractivity contribution in [2.75, 3.05) is 24.7 Å². The van der Waals surface area contributed by atoms with E-state index in [9.17, 15) is 4.79 Å². The van der Waals surface area contributed by atoms with Gasteiger partial charge in [0, 0.05) is 35.9 Å². The SMILES string of the molecule is CN(C)c1ccc(/C=C/C=N\NC(=O)CSc2ccc(Cl)cc2)cc1. The van der Waals surface area contributed by atoms with E-state index in [1.807, 2.05) is 61.5 Å². The Labute approximate surface area is 157 Å². The molecule has 0 aliphatic rings. The first-order valence-electron chi connectivity index (χ1n) is 7.69. The molecule has 1 amide bonds. The average molecular weight is 374 g/mol. The van der Waals surface area contributed by atoms with Crippen LogP contribution in [-0.2, 0) is 4.79 Å². The maximum Gasteiger partial charge on any atom is 0.250 e. The second kappa shape index (κ2) is 9.91. The number of halogens is 1. The molecule has 2 rings (SSSR count). The van der Waals surface area contributed by atoms with E-state index in [0.29, 0.717) is 10.8 Å². The molecule has 0 saturated carbocycles. The van der Waals surface area contributed by atoms with Gasteiger partial charge in [-0.15, -0.1) is 11.8 Å². The van der Waals surface area contributed by atoms with Crippen LogP contribution in [0.1, 0.15) is 5.56 Å². The maximum absolute atomic E-state index is 11.7. The fourth-order valence-corrected chi connectivity index (χ4v) is 2.72. The van der Waals surface area contributed by atoms with Gasteiger partial charge in [-0.3, -0.25) is 4.79 Å². The summed E-state index contributed by atoms with van der Waals surface area (Å²) in [6, 6.07) is 15.5. The first kappa shape index (κ1) is 19.1. The van der Waals surface area contributed by atoms with Crippen molar-refractivity contribution in [1.29, 1.82) is 0 Å². The molecule has 0 radical (unpaired) electrons. The van der Waals surface area contributed by atoms with Crippen LogP contribution in [0.3, 0.4) is 0 Å². The highest BCUT2D eigenvalue weighted by molar-refractivity contribution is 8.00. The summed E-state index contributed by atoms with van der Waals surface area (Å²) in [6.45, 7) is 0. The summed E-state index contributed by atoms with van der Waals surface area (Å²) in [5, 5.41) is 4.59. The zero-order valence-corrected chi connectivity index (χ0v) is 15.7. The third-order valence-corrected chi connectivity index (χ3v) is 4.50. The number of hydrazone groups is 1. The number of nitrogens with zero attached hydrogens (tertiary/aromatic N) is 2. The zero-order valence-electron chi connectivity index (χ0n) is 14.1. The number of nitrogens with one attached hydrogen (secondary N) is 1. The molecule has 0 spiro atoms. The van der Waals surface area contributed by atoms with Crippen LogP contribution in [0.15, 0.2) is 64.6 Å². The number of thioether (sulfide) groups is 1. The summed E-state index contributed by atoms with van der Waals surface area (Å²) in [7, 11) is 4.01. The van der Waals surface area contributed by atoms with Gasteiger partial charge in [-0.25, -0.2) is 5.43 Å². The number of anilines is 1. The number of amides is 1. The lowest BCUT2D eigenvalue weighted by atomic mass is 10.2. The summed E-state index contributed by atoms with van der Waals surface area (Å²) in [4.78, 5) is 14.8. The van der Waals surface area contributed by atoms with E-state index in [1.54, 1.807) is 24.4 Å². The molecule has 4 nitrogen and oxygen atoms in total. The number of carbonyl (C=O) groups is 1. The summed E-state index contributed by atoms with van der Waals surface area (Å²) in [5.41, 5.74) is 4.72. The summed E-state index contributed by atoms with van der Waals surface area (Å²) in [5.74, 6) is 0.147. The minimum absolute atomic E-state index is 0.153. The van der Waals surface area contributed by atoms with Gasteiger partial charge in [0.15, 0.2) is 0 Å². The van der Waals surface area contributed by atoms with Crippen molar-refractivity contribution in [3.8, 4) is 0 Å². The Morgan fingerprint density at radius 1 is 1.16 bits per heavy atom. The Kier molecular flexibility index (Phi) is 7.57. The first-order chi connectivity index (χ1) is 12.0. The monoisotopic (exact) mass is 373 g/mol. The fraction of sp³-hybridized carbons (Fsp3) is 0.158. The lowest BCUT2D eigenvalue weighted by Gasteiger charge is -2.11. The van der Waals surface area contributed by atoms with Gasteiger partial charge in [0.2, 0.25) is 5.91 Å². The predicted molar refractivity (Wildman–Crippen MR) is 109 cm³/mol. The second-order valence-electron chi connectivity index (χ2n) is 5.40. The first-order valence-corrected chi connectivity index (χ1v) is 9.05. The molecule has 1 N–H and O–H groups in total. The number of carbonyl (C=O) groups excluding carboxylic acids is 1. The molecule has 0 fully saturated rings. The van der Waals surface area contributed by atoms with Gasteiger partial charge in [0.1, 0.15) is 0 Å². The Morgan fingerprint density at radius 3 is 2.48 bits per heavy atom. The van der Waals surface area contributed by atoms with Crippen LogP contribution in [0.4, 0.5) is 5.69 Å². The minimum Gasteiger partial charge on any atom is -0.378 e. The minimum atomic E-state index is -0.153. The Balaban J connectivity index is 1.72. The smallest absolute Gasteiger partial charge is 0.250 e. The molecule has 0 bridgehead atoms. The molecule has 0 unspecified atom stereocenters. The van der Waals surface area contributed by atoms with E-state index < -0.39 is 0 Å². The molecule has 0 aliphatic carbocycles. The van der Waals surface area contributed by atoms with Gasteiger partial charge in [0.05, 0.1) is 5.75 Å². The van der Waals surface area contributed by atoms with Crippen LogP contribution in [0, 0.1) is 0 Å². The van der Waals surface area contributed by atoms with E-state index in [-0.39, 0.29) is 5.91 Å². The molecular formula is C19H20ClN3OS. The van der Waals surface area contributed by atoms with Crippen LogP contribution in [0.25, 0.3) is 6.08 Å². The Morgan fingerprint density at radius 2 is 1.84 bits per heavy atom. The van der Waals surface area contributed by atoms with E-state index in [0.717, 1.165) is 16.1 Å². The van der Waals surface area contributed by atoms with Gasteiger partial charge in [-0.05, 0) is 48.0 Å². The van der Waals surface area contributed by atoms with E-state index in [1.165, 1.54) is 11.8 Å². The van der Waals surface area contributed by atoms with Crippen molar-refractivity contribution in [3.63, 3.8) is 0 Å². The maximum atomic E-state index is 11.7. The largest absolute Gasteiger partial charge is 0.378 e. The van der Waals surface area contributed by atoms with Crippen molar-refractivity contribution in [2.24, 2.45) is 5.10 Å².